The van der Waals surface area contributed by atoms with Crippen LogP contribution in [-0.2, 0) is 16.1 Å². The molecular weight excluding hydrogens is 422 g/mol. The van der Waals surface area contributed by atoms with E-state index in [-0.39, 0.29) is 12.2 Å². The van der Waals surface area contributed by atoms with Crippen LogP contribution in [0.2, 0.25) is 0 Å². The summed E-state index contributed by atoms with van der Waals surface area (Å²) in [5.74, 6) is 1.07. The number of amides is 1. The van der Waals surface area contributed by atoms with Gasteiger partial charge in [0.15, 0.2) is 6.29 Å². The maximum Gasteiger partial charge on any atom is 0.267 e. The number of piperidine rings is 1. The summed E-state index contributed by atoms with van der Waals surface area (Å²) >= 11 is 1.51. The van der Waals surface area contributed by atoms with Gasteiger partial charge in [0, 0.05) is 23.9 Å². The minimum atomic E-state index is -0.108. The van der Waals surface area contributed by atoms with Crippen molar-refractivity contribution >= 4 is 17.2 Å². The maximum atomic E-state index is 13.5. The Morgan fingerprint density at radius 2 is 1.62 bits per heavy atom. The number of thiophene rings is 1. The third-order valence-corrected chi connectivity index (χ3v) is 7.20. The van der Waals surface area contributed by atoms with Crippen molar-refractivity contribution in [3.8, 4) is 16.2 Å². The summed E-state index contributed by atoms with van der Waals surface area (Å²) in [5.41, 5.74) is 2.17. The van der Waals surface area contributed by atoms with Crippen molar-refractivity contribution in [2.75, 3.05) is 26.3 Å². The Kier molecular flexibility index (Phi) is 6.53. The lowest BCUT2D eigenvalue weighted by Crippen LogP contribution is -2.41. The van der Waals surface area contributed by atoms with E-state index in [4.69, 9.17) is 14.2 Å². The number of hydrogen-bond donors (Lipinski definition) is 0. The van der Waals surface area contributed by atoms with Crippen LogP contribution in [-0.4, -0.2) is 43.4 Å². The summed E-state index contributed by atoms with van der Waals surface area (Å²) in [6.07, 6.45) is 1.68. The van der Waals surface area contributed by atoms with Crippen LogP contribution in [0.4, 0.5) is 0 Å². The van der Waals surface area contributed by atoms with Gasteiger partial charge in [-0.25, -0.2) is 0 Å². The van der Waals surface area contributed by atoms with Crippen LogP contribution in [0.1, 0.15) is 28.1 Å². The molecule has 1 amide bonds. The van der Waals surface area contributed by atoms with E-state index in [1.165, 1.54) is 11.3 Å². The monoisotopic (exact) mass is 449 g/mol. The molecule has 0 bridgehead atoms. The highest BCUT2D eigenvalue weighted by Gasteiger charge is 2.33. The van der Waals surface area contributed by atoms with E-state index >= 15 is 0 Å². The van der Waals surface area contributed by atoms with Crippen molar-refractivity contribution < 1.29 is 19.0 Å². The Labute approximate surface area is 192 Å². The van der Waals surface area contributed by atoms with Crippen LogP contribution < -0.4 is 4.74 Å². The van der Waals surface area contributed by atoms with Gasteiger partial charge in [0.2, 0.25) is 0 Å². The molecule has 5 nitrogen and oxygen atoms in total. The topological polar surface area (TPSA) is 48.0 Å². The van der Waals surface area contributed by atoms with Gasteiger partial charge in [0.1, 0.15) is 17.2 Å². The molecule has 2 fully saturated rings. The van der Waals surface area contributed by atoms with Gasteiger partial charge in [0.05, 0.1) is 13.2 Å². The van der Waals surface area contributed by atoms with Gasteiger partial charge >= 0.3 is 0 Å². The molecule has 2 aromatic carbocycles. The van der Waals surface area contributed by atoms with Crippen molar-refractivity contribution in [1.82, 2.24) is 4.90 Å². The fourth-order valence-corrected chi connectivity index (χ4v) is 5.35. The normalized spacial score (nSPS) is 17.6. The molecule has 5 rings (SSSR count). The van der Waals surface area contributed by atoms with Crippen molar-refractivity contribution in [3.63, 3.8) is 0 Å². The fourth-order valence-electron chi connectivity index (χ4n) is 4.28. The van der Waals surface area contributed by atoms with Gasteiger partial charge in [-0.1, -0.05) is 60.7 Å². The zero-order chi connectivity index (χ0) is 21.8. The van der Waals surface area contributed by atoms with Crippen molar-refractivity contribution in [2.24, 2.45) is 5.92 Å². The quantitative estimate of drug-likeness (QED) is 0.518. The average molecular weight is 450 g/mol. The third kappa shape index (κ3) is 4.72. The molecule has 3 heterocycles. The summed E-state index contributed by atoms with van der Waals surface area (Å²) in [5, 5.41) is 0. The summed E-state index contributed by atoms with van der Waals surface area (Å²) < 4.78 is 17.5. The molecule has 2 saturated heterocycles. The Hall–Kier alpha value is -2.67. The molecule has 0 saturated carbocycles. The van der Waals surface area contributed by atoms with Gasteiger partial charge in [0.25, 0.3) is 5.91 Å². The minimum absolute atomic E-state index is 0.0481. The fraction of sp³-hybridized carbons (Fsp3) is 0.346. The molecule has 166 valence electrons. The molecule has 2 aliphatic heterocycles. The Morgan fingerprint density at radius 1 is 0.969 bits per heavy atom. The second-order valence-corrected chi connectivity index (χ2v) is 9.24. The summed E-state index contributed by atoms with van der Waals surface area (Å²) in [6, 6.07) is 22.2. The van der Waals surface area contributed by atoms with E-state index < -0.39 is 0 Å². The molecule has 0 radical (unpaired) electrons. The molecule has 0 spiro atoms. The van der Waals surface area contributed by atoms with E-state index in [1.54, 1.807) is 0 Å². The first kappa shape index (κ1) is 21.2. The number of benzene rings is 2. The molecular formula is C26H27NO4S. The lowest BCUT2D eigenvalue weighted by Gasteiger charge is -2.33. The van der Waals surface area contributed by atoms with Crippen molar-refractivity contribution in [2.45, 2.75) is 25.7 Å². The largest absolute Gasteiger partial charge is 0.487 e. The highest BCUT2D eigenvalue weighted by molar-refractivity contribution is 7.17. The summed E-state index contributed by atoms with van der Waals surface area (Å²) in [6.45, 7) is 3.20. The van der Waals surface area contributed by atoms with Gasteiger partial charge in [-0.05, 0) is 30.0 Å². The second kappa shape index (κ2) is 9.86. The van der Waals surface area contributed by atoms with E-state index in [9.17, 15) is 4.79 Å². The summed E-state index contributed by atoms with van der Waals surface area (Å²) in [7, 11) is 0. The van der Waals surface area contributed by atoms with Crippen LogP contribution >= 0.6 is 11.3 Å². The zero-order valence-corrected chi connectivity index (χ0v) is 18.8. The molecule has 0 unspecified atom stereocenters. The third-order valence-electron chi connectivity index (χ3n) is 6.05. The van der Waals surface area contributed by atoms with E-state index in [1.807, 2.05) is 59.5 Å². The average Bonchev–Trinajstić information content (AvgIpc) is 3.54. The molecule has 0 atom stereocenters. The molecule has 0 aliphatic carbocycles. The van der Waals surface area contributed by atoms with Crippen LogP contribution in [0, 0.1) is 5.92 Å². The number of carbonyl (C=O) groups excluding carboxylic acids is 1. The molecule has 3 aromatic rings. The number of nitrogens with zero attached hydrogens (tertiary/aromatic N) is 1. The molecule has 32 heavy (non-hydrogen) atoms. The smallest absolute Gasteiger partial charge is 0.267 e. The SMILES string of the molecule is O=C(c1sc(-c2ccccc2)cc1OCc1ccccc1)N1CCC(C2OCCO2)CC1. The lowest BCUT2D eigenvalue weighted by atomic mass is 9.96. The predicted octanol–water partition coefficient (Wildman–Crippen LogP) is 5.22. The number of likely N-dealkylation sites (tertiary alicyclic amines) is 1. The van der Waals surface area contributed by atoms with E-state index in [0.717, 1.165) is 28.8 Å². The Morgan fingerprint density at radius 3 is 2.31 bits per heavy atom. The molecule has 0 N–H and O–H groups in total. The number of hydrogen-bond acceptors (Lipinski definition) is 5. The predicted molar refractivity (Wildman–Crippen MR) is 125 cm³/mol. The first-order valence-electron chi connectivity index (χ1n) is 11.2. The van der Waals surface area contributed by atoms with E-state index in [0.29, 0.717) is 49.5 Å². The first-order valence-corrected chi connectivity index (χ1v) is 12.0. The van der Waals surface area contributed by atoms with Crippen molar-refractivity contribution in [3.05, 3.63) is 77.2 Å². The molecule has 6 heteroatoms. The van der Waals surface area contributed by atoms with Crippen LogP contribution in [0.25, 0.3) is 10.4 Å². The van der Waals surface area contributed by atoms with Gasteiger partial charge in [-0.15, -0.1) is 11.3 Å². The summed E-state index contributed by atoms with van der Waals surface area (Å²) in [4.78, 5) is 17.2. The van der Waals surface area contributed by atoms with Crippen LogP contribution in [0.3, 0.4) is 0 Å². The standard InChI is InChI=1S/C26H27NO4S/c28-25(27-13-11-21(12-14-27)26-29-15-16-30-26)24-22(31-18-19-7-3-1-4-8-19)17-23(32-24)20-9-5-2-6-10-20/h1-10,17,21,26H,11-16,18H2. The van der Waals surface area contributed by atoms with Gasteiger partial charge < -0.3 is 19.1 Å². The van der Waals surface area contributed by atoms with Crippen molar-refractivity contribution in [1.29, 1.82) is 0 Å². The Balaban J connectivity index is 1.34. The lowest BCUT2D eigenvalue weighted by molar-refractivity contribution is -0.0956. The van der Waals surface area contributed by atoms with E-state index in [2.05, 4.69) is 12.1 Å². The maximum absolute atomic E-state index is 13.5. The van der Waals surface area contributed by atoms with Gasteiger partial charge in [-0.2, -0.15) is 0 Å². The second-order valence-electron chi connectivity index (χ2n) is 8.18. The number of ether oxygens (including phenoxy) is 3. The number of rotatable bonds is 6. The highest BCUT2D eigenvalue weighted by atomic mass is 32.1. The minimum Gasteiger partial charge on any atom is -0.487 e. The number of carbonyl (C=O) groups is 1. The first-order chi connectivity index (χ1) is 15.8. The molecule has 2 aliphatic rings. The van der Waals surface area contributed by atoms with Gasteiger partial charge in [-0.3, -0.25) is 4.79 Å². The Bertz CT molecular complexity index is 1020. The molecule has 1 aromatic heterocycles. The van der Waals surface area contributed by atoms with Crippen LogP contribution in [0.5, 0.6) is 5.75 Å². The zero-order valence-electron chi connectivity index (χ0n) is 17.9. The highest BCUT2D eigenvalue weighted by Crippen LogP contribution is 2.38. The van der Waals surface area contributed by atoms with Crippen LogP contribution in [0.15, 0.2) is 66.7 Å².